The van der Waals surface area contributed by atoms with Crippen LogP contribution in [0.4, 0.5) is 4.39 Å². The molecule has 0 amide bonds. The summed E-state index contributed by atoms with van der Waals surface area (Å²) in [6, 6.07) is 6.89. The average molecular weight is 362 g/mol. The highest BCUT2D eigenvalue weighted by Crippen LogP contribution is 2.14. The van der Waals surface area contributed by atoms with Crippen molar-refractivity contribution in [3.05, 3.63) is 52.7 Å². The number of nitrogens with zero attached hydrogens (tertiary/aromatic N) is 2. The molecular weight excluding hydrogens is 335 g/mol. The Kier molecular flexibility index (Phi) is 7.59. The van der Waals surface area contributed by atoms with Gasteiger partial charge >= 0.3 is 0 Å². The lowest BCUT2D eigenvalue weighted by molar-refractivity contribution is 0.181. The molecule has 0 aliphatic carbocycles. The number of ether oxygens (including phenoxy) is 1. The molecule has 7 heteroatoms. The first kappa shape index (κ1) is 19.9. The molecule has 1 aromatic heterocycles. The summed E-state index contributed by atoms with van der Waals surface area (Å²) in [6.45, 7) is 8.03. The lowest BCUT2D eigenvalue weighted by Gasteiger charge is -2.10. The summed E-state index contributed by atoms with van der Waals surface area (Å²) in [5, 5.41) is 10.4. The topological polar surface area (TPSA) is 71.7 Å². The lowest BCUT2D eigenvalue weighted by atomic mass is 10.1. The van der Waals surface area contributed by atoms with E-state index in [4.69, 9.17) is 9.26 Å². The van der Waals surface area contributed by atoms with Crippen LogP contribution >= 0.6 is 0 Å². The van der Waals surface area contributed by atoms with Gasteiger partial charge < -0.3 is 19.9 Å². The predicted octanol–water partition coefficient (Wildman–Crippen LogP) is 3.34. The Morgan fingerprint density at radius 1 is 1.31 bits per heavy atom. The van der Waals surface area contributed by atoms with Crippen LogP contribution in [0.15, 0.2) is 33.8 Å². The third kappa shape index (κ3) is 5.84. The number of aromatic nitrogens is 1. The second-order valence-electron chi connectivity index (χ2n) is 6.28. The van der Waals surface area contributed by atoms with Crippen LogP contribution in [0, 0.1) is 5.82 Å². The van der Waals surface area contributed by atoms with Gasteiger partial charge in [0.25, 0.3) is 0 Å². The van der Waals surface area contributed by atoms with Gasteiger partial charge in [0, 0.05) is 25.3 Å². The molecule has 0 saturated heterocycles. The van der Waals surface area contributed by atoms with E-state index in [2.05, 4.69) is 34.6 Å². The van der Waals surface area contributed by atoms with E-state index in [1.165, 1.54) is 6.07 Å². The van der Waals surface area contributed by atoms with Crippen molar-refractivity contribution in [1.29, 1.82) is 0 Å². The number of guanidine groups is 1. The Balaban J connectivity index is 2.00. The van der Waals surface area contributed by atoms with Gasteiger partial charge in [0.2, 0.25) is 0 Å². The summed E-state index contributed by atoms with van der Waals surface area (Å²) in [6.07, 6.45) is 0. The molecular formula is C19H27FN4O2. The highest BCUT2D eigenvalue weighted by Gasteiger charge is 2.08. The quantitative estimate of drug-likeness (QED) is 0.557. The van der Waals surface area contributed by atoms with Crippen LogP contribution in [0.2, 0.25) is 0 Å². The Hall–Kier alpha value is -2.41. The fourth-order valence-corrected chi connectivity index (χ4v) is 2.36. The number of hydrogen-bond donors (Lipinski definition) is 2. The summed E-state index contributed by atoms with van der Waals surface area (Å²) in [4.78, 5) is 4.54. The maximum Gasteiger partial charge on any atom is 0.191 e. The van der Waals surface area contributed by atoms with Gasteiger partial charge in [-0.1, -0.05) is 25.1 Å². The van der Waals surface area contributed by atoms with E-state index < -0.39 is 0 Å². The SMILES string of the molecule is CCNC(=NCc1ccc(F)c(COC)c1)NCc1cc(C(C)C)no1. The largest absolute Gasteiger partial charge is 0.380 e. The number of benzene rings is 1. The Labute approximate surface area is 153 Å². The standard InChI is InChI=1S/C19H27FN4O2/c1-5-21-19(23-11-16-9-18(13(2)3)24-26-16)22-10-14-6-7-17(20)15(8-14)12-25-4/h6-9,13H,5,10-12H2,1-4H3,(H2,21,22,23). The smallest absolute Gasteiger partial charge is 0.191 e. The van der Waals surface area contributed by atoms with E-state index in [9.17, 15) is 4.39 Å². The highest BCUT2D eigenvalue weighted by molar-refractivity contribution is 5.79. The van der Waals surface area contributed by atoms with Crippen LogP contribution in [0.5, 0.6) is 0 Å². The third-order valence-electron chi connectivity index (χ3n) is 3.77. The number of hydrogen-bond acceptors (Lipinski definition) is 4. The zero-order valence-electron chi connectivity index (χ0n) is 15.8. The summed E-state index contributed by atoms with van der Waals surface area (Å²) >= 11 is 0. The molecule has 2 N–H and O–H groups in total. The van der Waals surface area contributed by atoms with Crippen LogP contribution < -0.4 is 10.6 Å². The second kappa shape index (κ2) is 9.91. The summed E-state index contributed by atoms with van der Waals surface area (Å²) in [7, 11) is 1.55. The van der Waals surface area contributed by atoms with Crippen molar-refractivity contribution < 1.29 is 13.7 Å². The highest BCUT2D eigenvalue weighted by atomic mass is 19.1. The maximum atomic E-state index is 13.7. The molecule has 2 rings (SSSR count). The van der Waals surface area contributed by atoms with Gasteiger partial charge in [-0.3, -0.25) is 0 Å². The number of rotatable bonds is 8. The summed E-state index contributed by atoms with van der Waals surface area (Å²) in [5.41, 5.74) is 2.37. The number of halogens is 1. The molecule has 0 aliphatic heterocycles. The molecule has 1 aromatic carbocycles. The minimum atomic E-state index is -0.268. The molecule has 0 saturated carbocycles. The fraction of sp³-hybridized carbons (Fsp3) is 0.474. The van der Waals surface area contributed by atoms with Gasteiger partial charge in [0.05, 0.1) is 25.4 Å². The van der Waals surface area contributed by atoms with Crippen molar-refractivity contribution in [2.75, 3.05) is 13.7 Å². The summed E-state index contributed by atoms with van der Waals surface area (Å²) < 4.78 is 24.0. The lowest BCUT2D eigenvalue weighted by Crippen LogP contribution is -2.36. The van der Waals surface area contributed by atoms with Crippen molar-refractivity contribution in [1.82, 2.24) is 15.8 Å². The Bertz CT molecular complexity index is 728. The molecule has 0 fully saturated rings. The minimum absolute atomic E-state index is 0.241. The van der Waals surface area contributed by atoms with E-state index in [1.54, 1.807) is 19.2 Å². The molecule has 0 unspecified atom stereocenters. The molecule has 6 nitrogen and oxygen atoms in total. The van der Waals surface area contributed by atoms with Crippen molar-refractivity contribution in [2.45, 2.75) is 46.4 Å². The molecule has 0 spiro atoms. The van der Waals surface area contributed by atoms with Gasteiger partial charge in [-0.2, -0.15) is 0 Å². The van der Waals surface area contributed by atoms with Crippen LogP contribution in [-0.2, 0) is 24.4 Å². The van der Waals surface area contributed by atoms with Crippen LogP contribution in [0.3, 0.4) is 0 Å². The molecule has 0 atom stereocenters. The maximum absolute atomic E-state index is 13.7. The molecule has 0 aliphatic rings. The van der Waals surface area contributed by atoms with Crippen LogP contribution in [-0.4, -0.2) is 24.8 Å². The number of methoxy groups -OCH3 is 1. The normalized spacial score (nSPS) is 11.8. The molecule has 1 heterocycles. The van der Waals surface area contributed by atoms with Crippen molar-refractivity contribution in [2.24, 2.45) is 4.99 Å². The van der Waals surface area contributed by atoms with E-state index in [0.29, 0.717) is 30.5 Å². The second-order valence-corrected chi connectivity index (χ2v) is 6.28. The average Bonchev–Trinajstić information content (AvgIpc) is 3.09. The summed E-state index contributed by atoms with van der Waals surface area (Å²) in [5.74, 6) is 1.47. The number of aliphatic imine (C=N–C) groups is 1. The van der Waals surface area contributed by atoms with Gasteiger partial charge in [-0.15, -0.1) is 0 Å². The first-order chi connectivity index (χ1) is 12.5. The fourth-order valence-electron chi connectivity index (χ4n) is 2.36. The first-order valence-corrected chi connectivity index (χ1v) is 8.77. The van der Waals surface area contributed by atoms with Crippen molar-refractivity contribution >= 4 is 5.96 Å². The van der Waals surface area contributed by atoms with Crippen molar-refractivity contribution in [3.63, 3.8) is 0 Å². The van der Waals surface area contributed by atoms with E-state index >= 15 is 0 Å². The Morgan fingerprint density at radius 2 is 2.12 bits per heavy atom. The van der Waals surface area contributed by atoms with Gasteiger partial charge in [-0.25, -0.2) is 9.38 Å². The third-order valence-corrected chi connectivity index (χ3v) is 3.77. The zero-order valence-corrected chi connectivity index (χ0v) is 15.8. The van der Waals surface area contributed by atoms with Gasteiger partial charge in [0.15, 0.2) is 11.7 Å². The molecule has 0 radical (unpaired) electrons. The van der Waals surface area contributed by atoms with Crippen LogP contribution in [0.25, 0.3) is 0 Å². The monoisotopic (exact) mass is 362 g/mol. The minimum Gasteiger partial charge on any atom is -0.380 e. The molecule has 142 valence electrons. The molecule has 2 aromatic rings. The van der Waals surface area contributed by atoms with E-state index in [-0.39, 0.29) is 12.4 Å². The zero-order chi connectivity index (χ0) is 18.9. The van der Waals surface area contributed by atoms with E-state index in [1.807, 2.05) is 13.0 Å². The first-order valence-electron chi connectivity index (χ1n) is 8.77. The van der Waals surface area contributed by atoms with Gasteiger partial charge in [-0.05, 0) is 30.5 Å². The molecule has 26 heavy (non-hydrogen) atoms. The number of nitrogens with one attached hydrogen (secondary N) is 2. The van der Waals surface area contributed by atoms with E-state index in [0.717, 1.165) is 23.6 Å². The Morgan fingerprint density at radius 3 is 2.77 bits per heavy atom. The van der Waals surface area contributed by atoms with Crippen molar-refractivity contribution in [3.8, 4) is 0 Å². The van der Waals surface area contributed by atoms with Gasteiger partial charge in [0.1, 0.15) is 5.82 Å². The predicted molar refractivity (Wildman–Crippen MR) is 99.4 cm³/mol. The molecule has 0 bridgehead atoms. The van der Waals surface area contributed by atoms with Crippen LogP contribution in [0.1, 0.15) is 49.3 Å².